The molecule has 2 N–H and O–H groups in total. The summed E-state index contributed by atoms with van der Waals surface area (Å²) in [6, 6.07) is 9.49. The van der Waals surface area contributed by atoms with Crippen molar-refractivity contribution >= 4 is 11.6 Å². The van der Waals surface area contributed by atoms with Gasteiger partial charge in [-0.25, -0.2) is 4.68 Å². The van der Waals surface area contributed by atoms with Crippen LogP contribution in [0.5, 0.6) is 0 Å². The lowest BCUT2D eigenvalue weighted by molar-refractivity contribution is -0.119. The number of aromatic nitrogens is 2. The fourth-order valence-electron chi connectivity index (χ4n) is 2.66. The summed E-state index contributed by atoms with van der Waals surface area (Å²) >= 11 is 0. The molecule has 1 aliphatic rings. The van der Waals surface area contributed by atoms with Crippen LogP contribution < -0.4 is 10.6 Å². The van der Waals surface area contributed by atoms with Gasteiger partial charge in [0.25, 0.3) is 0 Å². The Morgan fingerprint density at radius 3 is 2.86 bits per heavy atom. The van der Waals surface area contributed by atoms with E-state index in [0.717, 1.165) is 30.8 Å². The average molecular weight is 284 g/mol. The molecule has 1 aliphatic heterocycles. The Labute approximate surface area is 124 Å². The van der Waals surface area contributed by atoms with Crippen LogP contribution in [-0.2, 0) is 4.79 Å². The zero-order chi connectivity index (χ0) is 14.7. The molecule has 3 rings (SSSR count). The molecule has 0 saturated carbocycles. The van der Waals surface area contributed by atoms with Crippen LogP contribution in [0.4, 0.5) is 5.69 Å². The van der Waals surface area contributed by atoms with E-state index in [1.165, 1.54) is 0 Å². The quantitative estimate of drug-likeness (QED) is 0.908. The van der Waals surface area contributed by atoms with Crippen LogP contribution in [0.25, 0.3) is 5.69 Å². The SMILES string of the molecule is CC1CCNC(C(=O)Nc2ccc(-n3cccn3)cc2)C1. The first-order valence-electron chi connectivity index (χ1n) is 7.37. The highest BCUT2D eigenvalue weighted by Crippen LogP contribution is 2.17. The number of carbonyl (C=O) groups is 1. The van der Waals surface area contributed by atoms with E-state index in [4.69, 9.17) is 0 Å². The zero-order valence-electron chi connectivity index (χ0n) is 12.1. The van der Waals surface area contributed by atoms with Gasteiger partial charge in [0.1, 0.15) is 0 Å². The van der Waals surface area contributed by atoms with Gasteiger partial charge >= 0.3 is 0 Å². The van der Waals surface area contributed by atoms with Crippen molar-refractivity contribution in [1.82, 2.24) is 15.1 Å². The highest BCUT2D eigenvalue weighted by molar-refractivity contribution is 5.94. The molecular formula is C16H20N4O. The fourth-order valence-corrected chi connectivity index (χ4v) is 2.66. The molecule has 5 heteroatoms. The standard InChI is InChI=1S/C16H20N4O/c1-12-7-9-17-15(11-12)16(21)19-13-3-5-14(6-4-13)20-10-2-8-18-20/h2-6,8,10,12,15,17H,7,9,11H2,1H3,(H,19,21). The number of nitrogens with zero attached hydrogens (tertiary/aromatic N) is 2. The van der Waals surface area contributed by atoms with Crippen LogP contribution in [0.3, 0.4) is 0 Å². The molecule has 0 radical (unpaired) electrons. The van der Waals surface area contributed by atoms with E-state index in [1.54, 1.807) is 10.9 Å². The van der Waals surface area contributed by atoms with Crippen molar-refractivity contribution in [2.24, 2.45) is 5.92 Å². The van der Waals surface area contributed by atoms with Gasteiger partial charge in [-0.15, -0.1) is 0 Å². The van der Waals surface area contributed by atoms with E-state index in [0.29, 0.717) is 5.92 Å². The Morgan fingerprint density at radius 1 is 1.38 bits per heavy atom. The molecule has 1 fully saturated rings. The number of hydrogen-bond donors (Lipinski definition) is 2. The number of hydrogen-bond acceptors (Lipinski definition) is 3. The van der Waals surface area contributed by atoms with E-state index in [2.05, 4.69) is 22.7 Å². The molecule has 2 unspecified atom stereocenters. The largest absolute Gasteiger partial charge is 0.325 e. The number of carbonyl (C=O) groups excluding carboxylic acids is 1. The van der Waals surface area contributed by atoms with Crippen molar-refractivity contribution in [3.05, 3.63) is 42.7 Å². The van der Waals surface area contributed by atoms with Crippen molar-refractivity contribution < 1.29 is 4.79 Å². The summed E-state index contributed by atoms with van der Waals surface area (Å²) in [4.78, 5) is 12.2. The average Bonchev–Trinajstić information content (AvgIpc) is 3.02. The molecule has 1 aromatic carbocycles. The van der Waals surface area contributed by atoms with Gasteiger partial charge in [-0.1, -0.05) is 6.92 Å². The molecule has 1 amide bonds. The van der Waals surface area contributed by atoms with Crippen molar-refractivity contribution in [2.45, 2.75) is 25.8 Å². The summed E-state index contributed by atoms with van der Waals surface area (Å²) in [5.41, 5.74) is 1.79. The molecule has 0 aliphatic carbocycles. The van der Waals surface area contributed by atoms with Gasteiger partial charge < -0.3 is 10.6 Å². The summed E-state index contributed by atoms with van der Waals surface area (Å²) in [6.45, 7) is 3.11. The molecular weight excluding hydrogens is 264 g/mol. The molecule has 2 heterocycles. The summed E-state index contributed by atoms with van der Waals surface area (Å²) in [5, 5.41) is 10.4. The number of anilines is 1. The predicted octanol–water partition coefficient (Wildman–Crippen LogP) is 2.20. The minimum Gasteiger partial charge on any atom is -0.325 e. The maximum absolute atomic E-state index is 12.2. The fraction of sp³-hybridized carbons (Fsp3) is 0.375. The number of benzene rings is 1. The predicted molar refractivity (Wildman–Crippen MR) is 82.4 cm³/mol. The van der Waals surface area contributed by atoms with E-state index < -0.39 is 0 Å². The highest BCUT2D eigenvalue weighted by Gasteiger charge is 2.24. The number of amides is 1. The Kier molecular flexibility index (Phi) is 4.01. The van der Waals surface area contributed by atoms with E-state index in [1.807, 2.05) is 36.5 Å². The van der Waals surface area contributed by atoms with Crippen molar-refractivity contribution in [1.29, 1.82) is 0 Å². The van der Waals surface area contributed by atoms with Gasteiger partial charge in [0.15, 0.2) is 0 Å². The first-order chi connectivity index (χ1) is 10.2. The van der Waals surface area contributed by atoms with E-state index in [-0.39, 0.29) is 11.9 Å². The molecule has 1 saturated heterocycles. The van der Waals surface area contributed by atoms with Crippen molar-refractivity contribution in [3.63, 3.8) is 0 Å². The van der Waals surface area contributed by atoms with Gasteiger partial charge in [0.05, 0.1) is 11.7 Å². The molecule has 0 spiro atoms. The summed E-state index contributed by atoms with van der Waals surface area (Å²) in [5.74, 6) is 0.651. The lowest BCUT2D eigenvalue weighted by Crippen LogP contribution is -2.45. The first kappa shape index (κ1) is 13.8. The molecule has 2 atom stereocenters. The highest BCUT2D eigenvalue weighted by atomic mass is 16.2. The zero-order valence-corrected chi connectivity index (χ0v) is 12.1. The summed E-state index contributed by atoms with van der Waals surface area (Å²) in [7, 11) is 0. The number of piperidine rings is 1. The van der Waals surface area contributed by atoms with Gasteiger partial charge in [-0.3, -0.25) is 4.79 Å². The van der Waals surface area contributed by atoms with Crippen LogP contribution in [0.2, 0.25) is 0 Å². The second kappa shape index (κ2) is 6.10. The van der Waals surface area contributed by atoms with Gasteiger partial charge in [0.2, 0.25) is 5.91 Å². The van der Waals surface area contributed by atoms with Crippen molar-refractivity contribution in [2.75, 3.05) is 11.9 Å². The third kappa shape index (κ3) is 3.31. The van der Waals surface area contributed by atoms with Crippen LogP contribution >= 0.6 is 0 Å². The Balaban J connectivity index is 1.63. The molecule has 5 nitrogen and oxygen atoms in total. The molecule has 2 aromatic rings. The van der Waals surface area contributed by atoms with E-state index >= 15 is 0 Å². The third-order valence-electron chi connectivity index (χ3n) is 3.89. The first-order valence-corrected chi connectivity index (χ1v) is 7.37. The topological polar surface area (TPSA) is 59.0 Å². The van der Waals surface area contributed by atoms with Crippen LogP contribution in [0.15, 0.2) is 42.7 Å². The molecule has 110 valence electrons. The van der Waals surface area contributed by atoms with Gasteiger partial charge in [-0.05, 0) is 55.6 Å². The Morgan fingerprint density at radius 2 is 2.19 bits per heavy atom. The number of rotatable bonds is 3. The third-order valence-corrected chi connectivity index (χ3v) is 3.89. The summed E-state index contributed by atoms with van der Waals surface area (Å²) in [6.07, 6.45) is 5.67. The van der Waals surface area contributed by atoms with Gasteiger partial charge in [0, 0.05) is 18.1 Å². The maximum atomic E-state index is 12.2. The molecule has 0 bridgehead atoms. The molecule has 21 heavy (non-hydrogen) atoms. The second-order valence-electron chi connectivity index (χ2n) is 5.62. The van der Waals surface area contributed by atoms with Crippen LogP contribution in [-0.4, -0.2) is 28.3 Å². The maximum Gasteiger partial charge on any atom is 0.241 e. The Hall–Kier alpha value is -2.14. The van der Waals surface area contributed by atoms with E-state index in [9.17, 15) is 4.79 Å². The lowest BCUT2D eigenvalue weighted by atomic mass is 9.94. The second-order valence-corrected chi connectivity index (χ2v) is 5.62. The number of nitrogens with one attached hydrogen (secondary N) is 2. The lowest BCUT2D eigenvalue weighted by Gasteiger charge is -2.27. The monoisotopic (exact) mass is 284 g/mol. The summed E-state index contributed by atoms with van der Waals surface area (Å²) < 4.78 is 1.79. The smallest absolute Gasteiger partial charge is 0.241 e. The van der Waals surface area contributed by atoms with Crippen molar-refractivity contribution in [3.8, 4) is 5.69 Å². The van der Waals surface area contributed by atoms with Crippen LogP contribution in [0.1, 0.15) is 19.8 Å². The normalized spacial score (nSPS) is 22.0. The minimum absolute atomic E-state index is 0.0494. The van der Waals surface area contributed by atoms with Crippen LogP contribution in [0, 0.1) is 5.92 Å². The van der Waals surface area contributed by atoms with Gasteiger partial charge in [-0.2, -0.15) is 5.10 Å². The minimum atomic E-state index is -0.0838. The Bertz CT molecular complexity index is 591. The molecule has 1 aromatic heterocycles.